The van der Waals surface area contributed by atoms with Gasteiger partial charge in [0.05, 0.1) is 6.10 Å². The summed E-state index contributed by atoms with van der Waals surface area (Å²) in [5, 5.41) is 16.9. The number of benzene rings is 1. The SMILES string of the molecule is CCCn1c(Sc2ccc(C(O)CC)cc2)n[nH]c1=O. The molecule has 1 aromatic carbocycles. The highest BCUT2D eigenvalue weighted by Gasteiger charge is 2.10. The van der Waals surface area contributed by atoms with Gasteiger partial charge in [0.15, 0.2) is 5.16 Å². The maximum atomic E-state index is 11.6. The molecule has 6 heteroatoms. The highest BCUT2D eigenvalue weighted by Crippen LogP contribution is 2.27. The zero-order valence-electron chi connectivity index (χ0n) is 11.7. The van der Waals surface area contributed by atoms with Crippen LogP contribution in [0.5, 0.6) is 0 Å². The fourth-order valence-electron chi connectivity index (χ4n) is 1.90. The van der Waals surface area contributed by atoms with Gasteiger partial charge in [-0.05, 0) is 42.3 Å². The standard InChI is InChI=1S/C14H19N3O2S/c1-3-9-17-13(19)15-16-14(17)20-11-7-5-10(6-8-11)12(18)4-2/h5-8,12,18H,3-4,9H2,1-2H3,(H,15,19). The Morgan fingerprint density at radius 2 is 2.05 bits per heavy atom. The molecule has 0 fully saturated rings. The maximum Gasteiger partial charge on any atom is 0.343 e. The van der Waals surface area contributed by atoms with Crippen molar-refractivity contribution in [2.45, 2.75) is 49.4 Å². The zero-order chi connectivity index (χ0) is 14.5. The van der Waals surface area contributed by atoms with E-state index in [4.69, 9.17) is 0 Å². The minimum atomic E-state index is -0.419. The molecule has 0 saturated carbocycles. The van der Waals surface area contributed by atoms with Gasteiger partial charge in [-0.1, -0.05) is 26.0 Å². The molecule has 108 valence electrons. The molecule has 2 N–H and O–H groups in total. The molecule has 1 atom stereocenters. The van der Waals surface area contributed by atoms with Crippen LogP contribution < -0.4 is 5.69 Å². The third-order valence-electron chi connectivity index (χ3n) is 3.03. The van der Waals surface area contributed by atoms with Crippen molar-refractivity contribution in [1.82, 2.24) is 14.8 Å². The lowest BCUT2D eigenvalue weighted by Crippen LogP contribution is -2.17. The van der Waals surface area contributed by atoms with E-state index < -0.39 is 6.10 Å². The van der Waals surface area contributed by atoms with Gasteiger partial charge in [-0.15, -0.1) is 5.10 Å². The lowest BCUT2D eigenvalue weighted by Gasteiger charge is -2.08. The van der Waals surface area contributed by atoms with E-state index in [0.29, 0.717) is 18.1 Å². The summed E-state index contributed by atoms with van der Waals surface area (Å²) in [7, 11) is 0. The van der Waals surface area contributed by atoms with E-state index in [1.54, 1.807) is 4.57 Å². The van der Waals surface area contributed by atoms with Gasteiger partial charge in [-0.3, -0.25) is 4.57 Å². The molecule has 0 aliphatic rings. The molecule has 1 aromatic heterocycles. The third-order valence-corrected chi connectivity index (χ3v) is 4.03. The molecule has 0 amide bonds. The second-order valence-electron chi connectivity index (χ2n) is 4.56. The molecule has 0 bridgehead atoms. The summed E-state index contributed by atoms with van der Waals surface area (Å²) in [4.78, 5) is 12.6. The second-order valence-corrected chi connectivity index (χ2v) is 5.60. The molecular weight excluding hydrogens is 274 g/mol. The van der Waals surface area contributed by atoms with Crippen LogP contribution in [-0.4, -0.2) is 19.9 Å². The first kappa shape index (κ1) is 14.9. The average molecular weight is 293 g/mol. The molecule has 1 heterocycles. The van der Waals surface area contributed by atoms with Crippen molar-refractivity contribution in [3.8, 4) is 0 Å². The molecule has 20 heavy (non-hydrogen) atoms. The highest BCUT2D eigenvalue weighted by molar-refractivity contribution is 7.99. The predicted octanol–water partition coefficient (Wildman–Crippen LogP) is 2.58. The van der Waals surface area contributed by atoms with Crippen LogP contribution in [0.3, 0.4) is 0 Å². The summed E-state index contributed by atoms with van der Waals surface area (Å²) in [5.74, 6) is 0. The number of H-pyrrole nitrogens is 1. The van der Waals surface area contributed by atoms with Gasteiger partial charge in [-0.2, -0.15) is 0 Å². The first-order valence-electron chi connectivity index (χ1n) is 6.76. The van der Waals surface area contributed by atoms with Crippen LogP contribution in [0, 0.1) is 0 Å². The molecule has 2 aromatic rings. The smallest absolute Gasteiger partial charge is 0.343 e. The van der Waals surface area contributed by atoms with Gasteiger partial charge in [0, 0.05) is 11.4 Å². The summed E-state index contributed by atoms with van der Waals surface area (Å²) in [6.45, 7) is 4.62. The van der Waals surface area contributed by atoms with Crippen LogP contribution in [0.1, 0.15) is 38.4 Å². The van der Waals surface area contributed by atoms with E-state index in [9.17, 15) is 9.90 Å². The van der Waals surface area contributed by atoms with Crippen molar-refractivity contribution >= 4 is 11.8 Å². The molecule has 0 aliphatic carbocycles. The number of nitrogens with zero attached hydrogens (tertiary/aromatic N) is 2. The Balaban J connectivity index is 2.16. The van der Waals surface area contributed by atoms with E-state index >= 15 is 0 Å². The Bertz CT molecular complexity index is 604. The van der Waals surface area contributed by atoms with Crippen molar-refractivity contribution in [1.29, 1.82) is 0 Å². The normalized spacial score (nSPS) is 12.6. The fraction of sp³-hybridized carbons (Fsp3) is 0.429. The molecule has 0 spiro atoms. The van der Waals surface area contributed by atoms with Gasteiger partial charge in [0.25, 0.3) is 0 Å². The number of nitrogens with one attached hydrogen (secondary N) is 1. The monoisotopic (exact) mass is 293 g/mol. The topological polar surface area (TPSA) is 70.9 Å². The molecule has 0 radical (unpaired) electrons. The Morgan fingerprint density at radius 1 is 1.35 bits per heavy atom. The van der Waals surface area contributed by atoms with Crippen LogP contribution in [0.15, 0.2) is 39.1 Å². The highest BCUT2D eigenvalue weighted by atomic mass is 32.2. The number of hydrogen-bond acceptors (Lipinski definition) is 4. The van der Waals surface area contributed by atoms with Crippen molar-refractivity contribution in [3.63, 3.8) is 0 Å². The molecule has 5 nitrogen and oxygen atoms in total. The lowest BCUT2D eigenvalue weighted by atomic mass is 10.1. The molecule has 0 saturated heterocycles. The number of aliphatic hydroxyl groups excluding tert-OH is 1. The van der Waals surface area contributed by atoms with Crippen molar-refractivity contribution < 1.29 is 5.11 Å². The quantitative estimate of drug-likeness (QED) is 0.858. The van der Waals surface area contributed by atoms with Crippen molar-refractivity contribution in [3.05, 3.63) is 40.3 Å². The maximum absolute atomic E-state index is 11.6. The lowest BCUT2D eigenvalue weighted by molar-refractivity contribution is 0.173. The Morgan fingerprint density at radius 3 is 2.65 bits per heavy atom. The molecular formula is C14H19N3O2S. The van der Waals surface area contributed by atoms with E-state index in [1.807, 2.05) is 38.1 Å². The van der Waals surface area contributed by atoms with E-state index in [0.717, 1.165) is 16.9 Å². The van der Waals surface area contributed by atoms with Crippen LogP contribution in [0.25, 0.3) is 0 Å². The van der Waals surface area contributed by atoms with E-state index in [2.05, 4.69) is 10.2 Å². The fourth-order valence-corrected chi connectivity index (χ4v) is 2.76. The number of aliphatic hydroxyl groups is 1. The van der Waals surface area contributed by atoms with Crippen LogP contribution in [0.2, 0.25) is 0 Å². The first-order valence-corrected chi connectivity index (χ1v) is 7.58. The van der Waals surface area contributed by atoms with Crippen LogP contribution in [-0.2, 0) is 6.54 Å². The predicted molar refractivity (Wildman–Crippen MR) is 79.0 cm³/mol. The number of aromatic amines is 1. The van der Waals surface area contributed by atoms with Gasteiger partial charge < -0.3 is 5.11 Å². The first-order chi connectivity index (χ1) is 9.65. The van der Waals surface area contributed by atoms with Gasteiger partial charge in [0.2, 0.25) is 0 Å². The summed E-state index contributed by atoms with van der Waals surface area (Å²) >= 11 is 1.44. The number of rotatable bonds is 6. The number of hydrogen-bond donors (Lipinski definition) is 2. The Labute approximate surface area is 122 Å². The molecule has 2 rings (SSSR count). The summed E-state index contributed by atoms with van der Waals surface area (Å²) in [6, 6.07) is 7.69. The summed E-state index contributed by atoms with van der Waals surface area (Å²) in [6.07, 6.45) is 1.16. The second kappa shape index (κ2) is 6.76. The van der Waals surface area contributed by atoms with Gasteiger partial charge in [0.1, 0.15) is 0 Å². The van der Waals surface area contributed by atoms with Gasteiger partial charge in [-0.25, -0.2) is 9.89 Å². The summed E-state index contributed by atoms with van der Waals surface area (Å²) < 4.78 is 1.64. The number of aromatic nitrogens is 3. The summed E-state index contributed by atoms with van der Waals surface area (Å²) in [5.41, 5.74) is 0.734. The van der Waals surface area contributed by atoms with Crippen molar-refractivity contribution in [2.24, 2.45) is 0 Å². The minimum absolute atomic E-state index is 0.174. The molecule has 1 unspecified atom stereocenters. The average Bonchev–Trinajstić information content (AvgIpc) is 2.81. The van der Waals surface area contributed by atoms with Gasteiger partial charge >= 0.3 is 5.69 Å². The largest absolute Gasteiger partial charge is 0.388 e. The Kier molecular flexibility index (Phi) is 5.03. The van der Waals surface area contributed by atoms with E-state index in [-0.39, 0.29) is 5.69 Å². The minimum Gasteiger partial charge on any atom is -0.388 e. The van der Waals surface area contributed by atoms with E-state index in [1.165, 1.54) is 11.8 Å². The zero-order valence-corrected chi connectivity index (χ0v) is 12.5. The van der Waals surface area contributed by atoms with Crippen LogP contribution in [0.4, 0.5) is 0 Å². The van der Waals surface area contributed by atoms with Crippen molar-refractivity contribution in [2.75, 3.05) is 0 Å². The van der Waals surface area contributed by atoms with Crippen LogP contribution >= 0.6 is 11.8 Å². The molecule has 0 aliphatic heterocycles. The third kappa shape index (κ3) is 3.32. The Hall–Kier alpha value is -1.53.